The molecule has 80 valence electrons. The molecule has 15 heavy (non-hydrogen) atoms. The summed E-state index contributed by atoms with van der Waals surface area (Å²) in [5.74, 6) is -0.576. The first-order valence-corrected chi connectivity index (χ1v) is 4.77. The molecule has 0 spiro atoms. The fourth-order valence-corrected chi connectivity index (χ4v) is 1.28. The van der Waals surface area contributed by atoms with Crippen molar-refractivity contribution in [2.24, 2.45) is 0 Å². The average molecular weight is 206 g/mol. The van der Waals surface area contributed by atoms with Crippen molar-refractivity contribution in [1.82, 2.24) is 0 Å². The minimum Gasteiger partial charge on any atom is -0.508 e. The van der Waals surface area contributed by atoms with Crippen molar-refractivity contribution in [3.05, 3.63) is 35.9 Å². The predicted octanol–water partition coefficient (Wildman–Crippen LogP) is 2.66. The van der Waals surface area contributed by atoms with Crippen LogP contribution in [-0.2, 0) is 4.79 Å². The van der Waals surface area contributed by atoms with Gasteiger partial charge in [-0.05, 0) is 36.6 Å². The normalized spacial score (nSPS) is 11.4. The third kappa shape index (κ3) is 3.85. The van der Waals surface area contributed by atoms with Gasteiger partial charge in [0.05, 0.1) is 0 Å². The molecule has 0 fully saturated rings. The van der Waals surface area contributed by atoms with Gasteiger partial charge in [-0.1, -0.05) is 18.2 Å². The number of carboxylic acids is 1. The van der Waals surface area contributed by atoms with Crippen LogP contribution < -0.4 is 0 Å². The monoisotopic (exact) mass is 206 g/mol. The number of rotatable bonds is 4. The Morgan fingerprint density at radius 3 is 2.80 bits per heavy atom. The standard InChI is InChI=1S/C12H14O3/c1-9(4-2-7-12(14)15)10-5-3-6-11(13)8-10/h3-6,8,13H,2,7H2,1H3,(H,14,15). The van der Waals surface area contributed by atoms with E-state index in [2.05, 4.69) is 0 Å². The SMILES string of the molecule is CC(=CCCC(=O)O)c1cccc(O)c1. The van der Waals surface area contributed by atoms with E-state index >= 15 is 0 Å². The summed E-state index contributed by atoms with van der Waals surface area (Å²) in [6.45, 7) is 1.90. The van der Waals surface area contributed by atoms with Crippen LogP contribution in [0.3, 0.4) is 0 Å². The molecular formula is C12H14O3. The second-order valence-electron chi connectivity index (χ2n) is 3.37. The Kier molecular flexibility index (Phi) is 3.92. The summed E-state index contributed by atoms with van der Waals surface area (Å²) in [5, 5.41) is 17.7. The van der Waals surface area contributed by atoms with E-state index in [1.807, 2.05) is 19.1 Å². The number of aliphatic carboxylic acids is 1. The summed E-state index contributed by atoms with van der Waals surface area (Å²) in [7, 11) is 0. The van der Waals surface area contributed by atoms with Crippen LogP contribution in [0.25, 0.3) is 5.57 Å². The largest absolute Gasteiger partial charge is 0.508 e. The van der Waals surface area contributed by atoms with E-state index in [9.17, 15) is 9.90 Å². The van der Waals surface area contributed by atoms with Gasteiger partial charge in [0.25, 0.3) is 0 Å². The number of carbonyl (C=O) groups is 1. The molecule has 1 rings (SSSR count). The number of allylic oxidation sites excluding steroid dienone is 2. The van der Waals surface area contributed by atoms with Crippen LogP contribution in [0.2, 0.25) is 0 Å². The lowest BCUT2D eigenvalue weighted by Gasteiger charge is -2.01. The number of hydrogen-bond acceptors (Lipinski definition) is 2. The summed E-state index contributed by atoms with van der Waals surface area (Å²) in [4.78, 5) is 10.3. The molecule has 0 aliphatic heterocycles. The van der Waals surface area contributed by atoms with Crippen molar-refractivity contribution < 1.29 is 15.0 Å². The lowest BCUT2D eigenvalue weighted by atomic mass is 10.1. The van der Waals surface area contributed by atoms with Gasteiger partial charge >= 0.3 is 5.97 Å². The minimum absolute atomic E-state index is 0.135. The lowest BCUT2D eigenvalue weighted by Crippen LogP contribution is -1.92. The Hall–Kier alpha value is -1.77. The minimum atomic E-state index is -0.796. The summed E-state index contributed by atoms with van der Waals surface area (Å²) in [6.07, 6.45) is 2.51. The second kappa shape index (κ2) is 5.20. The molecule has 0 bridgehead atoms. The van der Waals surface area contributed by atoms with Crippen LogP contribution in [0.15, 0.2) is 30.3 Å². The number of carboxylic acid groups (broad SMARTS) is 1. The van der Waals surface area contributed by atoms with Crippen molar-refractivity contribution >= 4 is 11.5 Å². The zero-order valence-corrected chi connectivity index (χ0v) is 8.60. The smallest absolute Gasteiger partial charge is 0.303 e. The van der Waals surface area contributed by atoms with E-state index in [1.165, 1.54) is 0 Å². The first-order chi connectivity index (χ1) is 7.09. The van der Waals surface area contributed by atoms with Gasteiger partial charge in [0.2, 0.25) is 0 Å². The van der Waals surface area contributed by atoms with E-state index in [0.29, 0.717) is 6.42 Å². The fraction of sp³-hybridized carbons (Fsp3) is 0.250. The van der Waals surface area contributed by atoms with Gasteiger partial charge in [0, 0.05) is 6.42 Å². The zero-order chi connectivity index (χ0) is 11.3. The van der Waals surface area contributed by atoms with Crippen molar-refractivity contribution in [2.45, 2.75) is 19.8 Å². The number of phenols is 1. The highest BCUT2D eigenvalue weighted by Crippen LogP contribution is 2.19. The maximum Gasteiger partial charge on any atom is 0.303 e. The zero-order valence-electron chi connectivity index (χ0n) is 8.60. The number of hydrogen-bond donors (Lipinski definition) is 2. The predicted molar refractivity (Wildman–Crippen MR) is 58.6 cm³/mol. The summed E-state index contributed by atoms with van der Waals surface area (Å²) >= 11 is 0. The number of phenolic OH excluding ortho intramolecular Hbond substituents is 1. The van der Waals surface area contributed by atoms with Crippen molar-refractivity contribution in [3.8, 4) is 5.75 Å². The molecule has 0 amide bonds. The van der Waals surface area contributed by atoms with Gasteiger partial charge in [-0.3, -0.25) is 4.79 Å². The van der Waals surface area contributed by atoms with E-state index in [-0.39, 0.29) is 12.2 Å². The Morgan fingerprint density at radius 1 is 1.47 bits per heavy atom. The first-order valence-electron chi connectivity index (χ1n) is 4.77. The highest BCUT2D eigenvalue weighted by atomic mass is 16.4. The topological polar surface area (TPSA) is 57.5 Å². The molecule has 0 heterocycles. The maximum absolute atomic E-state index is 10.3. The van der Waals surface area contributed by atoms with Crippen molar-refractivity contribution in [1.29, 1.82) is 0 Å². The van der Waals surface area contributed by atoms with Gasteiger partial charge in [-0.15, -0.1) is 0 Å². The second-order valence-corrected chi connectivity index (χ2v) is 3.37. The third-order valence-corrected chi connectivity index (χ3v) is 2.11. The average Bonchev–Trinajstić information content (AvgIpc) is 2.17. The Balaban J connectivity index is 2.67. The Morgan fingerprint density at radius 2 is 2.20 bits per heavy atom. The van der Waals surface area contributed by atoms with Crippen LogP contribution >= 0.6 is 0 Å². The molecule has 1 aromatic carbocycles. The highest BCUT2D eigenvalue weighted by molar-refractivity contribution is 5.68. The van der Waals surface area contributed by atoms with Gasteiger partial charge in [-0.2, -0.15) is 0 Å². The van der Waals surface area contributed by atoms with E-state index in [0.717, 1.165) is 11.1 Å². The fourth-order valence-electron chi connectivity index (χ4n) is 1.28. The van der Waals surface area contributed by atoms with Gasteiger partial charge < -0.3 is 10.2 Å². The molecule has 0 aromatic heterocycles. The first kappa shape index (κ1) is 11.3. The van der Waals surface area contributed by atoms with Crippen LogP contribution in [0.4, 0.5) is 0 Å². The summed E-state index contributed by atoms with van der Waals surface area (Å²) in [5.41, 5.74) is 1.90. The van der Waals surface area contributed by atoms with Crippen LogP contribution in [0.5, 0.6) is 5.75 Å². The number of aromatic hydroxyl groups is 1. The number of benzene rings is 1. The Bertz CT molecular complexity index is 380. The van der Waals surface area contributed by atoms with Gasteiger partial charge in [-0.25, -0.2) is 0 Å². The maximum atomic E-state index is 10.3. The van der Waals surface area contributed by atoms with Gasteiger partial charge in [0.1, 0.15) is 5.75 Å². The molecule has 3 heteroatoms. The molecular weight excluding hydrogens is 192 g/mol. The molecule has 2 N–H and O–H groups in total. The molecule has 3 nitrogen and oxygen atoms in total. The van der Waals surface area contributed by atoms with Crippen LogP contribution in [0.1, 0.15) is 25.3 Å². The van der Waals surface area contributed by atoms with E-state index in [4.69, 9.17) is 5.11 Å². The lowest BCUT2D eigenvalue weighted by molar-refractivity contribution is -0.136. The summed E-state index contributed by atoms with van der Waals surface area (Å²) in [6, 6.07) is 6.91. The molecule has 0 radical (unpaired) electrons. The van der Waals surface area contributed by atoms with Crippen molar-refractivity contribution in [3.63, 3.8) is 0 Å². The quantitative estimate of drug-likeness (QED) is 0.796. The molecule has 0 saturated heterocycles. The van der Waals surface area contributed by atoms with Crippen LogP contribution in [0, 0.1) is 0 Å². The van der Waals surface area contributed by atoms with Crippen molar-refractivity contribution in [2.75, 3.05) is 0 Å². The molecule has 0 atom stereocenters. The van der Waals surface area contributed by atoms with Crippen LogP contribution in [-0.4, -0.2) is 16.2 Å². The summed E-state index contributed by atoms with van der Waals surface area (Å²) < 4.78 is 0. The molecule has 0 saturated carbocycles. The van der Waals surface area contributed by atoms with Gasteiger partial charge in [0.15, 0.2) is 0 Å². The molecule has 0 aliphatic carbocycles. The molecule has 1 aromatic rings. The third-order valence-electron chi connectivity index (χ3n) is 2.11. The molecule has 0 aliphatic rings. The van der Waals surface area contributed by atoms with E-state index < -0.39 is 5.97 Å². The van der Waals surface area contributed by atoms with E-state index in [1.54, 1.807) is 18.2 Å². The Labute approximate surface area is 88.7 Å². The molecule has 0 unspecified atom stereocenters. The highest BCUT2D eigenvalue weighted by Gasteiger charge is 1.98.